The molecular formula is C27H26O8. The lowest BCUT2D eigenvalue weighted by Gasteiger charge is -2.13. The lowest BCUT2D eigenvalue weighted by atomic mass is 10.1. The minimum absolute atomic E-state index is 0.224. The Morgan fingerprint density at radius 1 is 0.686 bits per heavy atom. The Morgan fingerprint density at radius 3 is 1.97 bits per heavy atom. The molecule has 0 aromatic heterocycles. The van der Waals surface area contributed by atoms with Crippen LogP contribution in [0.5, 0.6) is 34.5 Å². The van der Waals surface area contributed by atoms with Crippen molar-refractivity contribution in [3.05, 3.63) is 77.4 Å². The van der Waals surface area contributed by atoms with E-state index in [2.05, 4.69) is 0 Å². The quantitative estimate of drug-likeness (QED) is 0.177. The molecule has 0 bridgehead atoms. The summed E-state index contributed by atoms with van der Waals surface area (Å²) in [5, 5.41) is 0. The Hall–Kier alpha value is -4.46. The van der Waals surface area contributed by atoms with Crippen molar-refractivity contribution in [2.24, 2.45) is 0 Å². The van der Waals surface area contributed by atoms with Crippen molar-refractivity contribution in [3.8, 4) is 34.5 Å². The molecule has 8 nitrogen and oxygen atoms in total. The highest BCUT2D eigenvalue weighted by Crippen LogP contribution is 2.38. The van der Waals surface area contributed by atoms with Gasteiger partial charge in [-0.2, -0.15) is 0 Å². The fourth-order valence-electron chi connectivity index (χ4n) is 3.31. The Kier molecular flexibility index (Phi) is 8.34. The number of esters is 1. The highest BCUT2D eigenvalue weighted by molar-refractivity contribution is 6.08. The first-order valence-corrected chi connectivity index (χ1v) is 10.5. The van der Waals surface area contributed by atoms with Crippen molar-refractivity contribution in [3.63, 3.8) is 0 Å². The van der Waals surface area contributed by atoms with Crippen molar-refractivity contribution in [2.45, 2.75) is 0 Å². The summed E-state index contributed by atoms with van der Waals surface area (Å²) in [7, 11) is 7.43. The van der Waals surface area contributed by atoms with Gasteiger partial charge in [-0.3, -0.25) is 4.79 Å². The van der Waals surface area contributed by atoms with Crippen molar-refractivity contribution in [2.75, 3.05) is 35.5 Å². The molecule has 0 aliphatic heterocycles. The van der Waals surface area contributed by atoms with E-state index in [4.69, 9.17) is 28.4 Å². The third-order valence-corrected chi connectivity index (χ3v) is 5.07. The predicted molar refractivity (Wildman–Crippen MR) is 130 cm³/mol. The van der Waals surface area contributed by atoms with Crippen LogP contribution in [0.25, 0.3) is 6.08 Å². The zero-order valence-electron chi connectivity index (χ0n) is 20.1. The molecule has 182 valence electrons. The molecule has 3 aromatic rings. The highest BCUT2D eigenvalue weighted by Gasteiger charge is 2.18. The number of methoxy groups -OCH3 is 5. The normalized spacial score (nSPS) is 10.5. The Balaban J connectivity index is 1.78. The maximum Gasteiger partial charge on any atom is 0.343 e. The molecule has 0 aliphatic carbocycles. The van der Waals surface area contributed by atoms with Crippen LogP contribution >= 0.6 is 0 Å². The number of hydrogen-bond donors (Lipinski definition) is 0. The van der Waals surface area contributed by atoms with E-state index in [1.54, 1.807) is 48.5 Å². The van der Waals surface area contributed by atoms with E-state index in [0.29, 0.717) is 45.6 Å². The number of hydrogen-bond acceptors (Lipinski definition) is 8. The molecule has 0 saturated carbocycles. The molecule has 3 aromatic carbocycles. The van der Waals surface area contributed by atoms with E-state index >= 15 is 0 Å². The molecule has 0 heterocycles. The van der Waals surface area contributed by atoms with Gasteiger partial charge in [0.1, 0.15) is 17.2 Å². The van der Waals surface area contributed by atoms with Gasteiger partial charge in [0, 0.05) is 6.07 Å². The second-order valence-electron chi connectivity index (χ2n) is 7.14. The molecule has 0 amide bonds. The number of ether oxygens (including phenoxy) is 6. The molecule has 0 aliphatic rings. The average molecular weight is 478 g/mol. The molecule has 0 saturated heterocycles. The van der Waals surface area contributed by atoms with Gasteiger partial charge in [0.2, 0.25) is 5.75 Å². The molecule has 0 N–H and O–H groups in total. The van der Waals surface area contributed by atoms with Crippen LogP contribution in [0.15, 0.2) is 60.7 Å². The van der Waals surface area contributed by atoms with Gasteiger partial charge < -0.3 is 28.4 Å². The summed E-state index contributed by atoms with van der Waals surface area (Å²) in [4.78, 5) is 25.5. The zero-order chi connectivity index (χ0) is 25.4. The van der Waals surface area contributed by atoms with Crippen LogP contribution in [0.2, 0.25) is 0 Å². The molecule has 0 fully saturated rings. The second kappa shape index (κ2) is 11.6. The lowest BCUT2D eigenvalue weighted by Crippen LogP contribution is -2.09. The second-order valence-corrected chi connectivity index (χ2v) is 7.14. The maximum atomic E-state index is 12.8. The minimum atomic E-state index is -0.607. The topological polar surface area (TPSA) is 89.5 Å². The molecule has 0 radical (unpaired) electrons. The van der Waals surface area contributed by atoms with Crippen LogP contribution < -0.4 is 28.4 Å². The van der Waals surface area contributed by atoms with Crippen molar-refractivity contribution in [1.82, 2.24) is 0 Å². The Labute approximate surface area is 203 Å². The number of ketones is 1. The third kappa shape index (κ3) is 5.92. The van der Waals surface area contributed by atoms with Crippen molar-refractivity contribution >= 4 is 17.8 Å². The Morgan fingerprint density at radius 2 is 1.37 bits per heavy atom. The van der Waals surface area contributed by atoms with Crippen LogP contribution in [0.3, 0.4) is 0 Å². The molecule has 0 unspecified atom stereocenters. The first-order chi connectivity index (χ1) is 16.9. The number of benzene rings is 3. The standard InChI is InChI=1S/C27H26O8/c1-30-19-10-11-21(23(16-19)31-2)22(28)12-9-17-7-6-8-20(13-17)35-27(29)18-14-24(32-3)26(34-5)25(15-18)33-4/h6-16H,1-5H3. The molecule has 0 atom stereocenters. The summed E-state index contributed by atoms with van der Waals surface area (Å²) < 4.78 is 31.8. The number of allylic oxidation sites excluding steroid dienone is 1. The van der Waals surface area contributed by atoms with Crippen LogP contribution in [-0.2, 0) is 0 Å². The van der Waals surface area contributed by atoms with E-state index in [1.165, 1.54) is 53.8 Å². The summed E-state index contributed by atoms with van der Waals surface area (Å²) in [5.74, 6) is 1.49. The van der Waals surface area contributed by atoms with E-state index < -0.39 is 5.97 Å². The van der Waals surface area contributed by atoms with E-state index in [1.807, 2.05) is 0 Å². The number of carbonyl (C=O) groups excluding carboxylic acids is 2. The Bertz CT molecular complexity index is 1220. The minimum Gasteiger partial charge on any atom is -0.497 e. The SMILES string of the molecule is COc1ccc(C(=O)C=Cc2cccc(OC(=O)c3cc(OC)c(OC)c(OC)c3)c2)c(OC)c1. The fourth-order valence-corrected chi connectivity index (χ4v) is 3.31. The highest BCUT2D eigenvalue weighted by atomic mass is 16.5. The predicted octanol–water partition coefficient (Wildman–Crippen LogP) is 4.84. The van der Waals surface area contributed by atoms with Crippen LogP contribution in [-0.4, -0.2) is 47.3 Å². The lowest BCUT2D eigenvalue weighted by molar-refractivity contribution is 0.0733. The maximum absolute atomic E-state index is 12.8. The van der Waals surface area contributed by atoms with Gasteiger partial charge >= 0.3 is 5.97 Å². The van der Waals surface area contributed by atoms with Gasteiger partial charge in [0.05, 0.1) is 46.7 Å². The van der Waals surface area contributed by atoms with Gasteiger partial charge in [-0.1, -0.05) is 18.2 Å². The van der Waals surface area contributed by atoms with Crippen LogP contribution in [0.4, 0.5) is 0 Å². The summed E-state index contributed by atoms with van der Waals surface area (Å²) in [6, 6.07) is 14.8. The summed E-state index contributed by atoms with van der Waals surface area (Å²) in [6.07, 6.45) is 3.05. The molecule has 35 heavy (non-hydrogen) atoms. The summed E-state index contributed by atoms with van der Waals surface area (Å²) in [5.41, 5.74) is 1.29. The van der Waals surface area contributed by atoms with E-state index in [9.17, 15) is 9.59 Å². The van der Waals surface area contributed by atoms with Crippen LogP contribution in [0.1, 0.15) is 26.3 Å². The van der Waals surface area contributed by atoms with Crippen molar-refractivity contribution in [1.29, 1.82) is 0 Å². The fraction of sp³-hybridized carbons (Fsp3) is 0.185. The van der Waals surface area contributed by atoms with Gasteiger partial charge in [-0.05, 0) is 48.0 Å². The molecule has 8 heteroatoms. The van der Waals surface area contributed by atoms with Gasteiger partial charge in [0.25, 0.3) is 0 Å². The largest absolute Gasteiger partial charge is 0.497 e. The molecule has 0 spiro atoms. The molecular weight excluding hydrogens is 452 g/mol. The van der Waals surface area contributed by atoms with E-state index in [-0.39, 0.29) is 11.3 Å². The summed E-state index contributed by atoms with van der Waals surface area (Å²) >= 11 is 0. The number of rotatable bonds is 10. The van der Waals surface area contributed by atoms with E-state index in [0.717, 1.165) is 0 Å². The van der Waals surface area contributed by atoms with Crippen LogP contribution in [0, 0.1) is 0 Å². The van der Waals surface area contributed by atoms with Gasteiger partial charge in [-0.15, -0.1) is 0 Å². The first-order valence-electron chi connectivity index (χ1n) is 10.5. The third-order valence-electron chi connectivity index (χ3n) is 5.07. The first kappa shape index (κ1) is 25.2. The number of carbonyl (C=O) groups is 2. The van der Waals surface area contributed by atoms with Crippen molar-refractivity contribution < 1.29 is 38.0 Å². The van der Waals surface area contributed by atoms with Gasteiger partial charge in [0.15, 0.2) is 17.3 Å². The average Bonchev–Trinajstić information content (AvgIpc) is 2.90. The smallest absolute Gasteiger partial charge is 0.343 e. The monoisotopic (exact) mass is 478 g/mol. The zero-order valence-corrected chi connectivity index (χ0v) is 20.1. The molecule has 3 rings (SSSR count). The summed E-state index contributed by atoms with van der Waals surface area (Å²) in [6.45, 7) is 0. The van der Waals surface area contributed by atoms with Gasteiger partial charge in [-0.25, -0.2) is 4.79 Å².